The number of benzene rings is 4. The molecule has 6 fully saturated rings. The average Bonchev–Trinajstić information content (AvgIpc) is 1.61. The van der Waals surface area contributed by atoms with Crippen LogP contribution >= 0.6 is 0 Å². The summed E-state index contributed by atoms with van der Waals surface area (Å²) in [5, 5.41) is 27.1. The molecule has 10 aliphatic rings. The number of halogens is 2. The molecular weight excluding hydrogens is 1820 g/mol. The van der Waals surface area contributed by atoms with E-state index in [1.165, 1.54) is 134 Å². The quantitative estimate of drug-likeness (QED) is 0.0258. The van der Waals surface area contributed by atoms with Gasteiger partial charge in [0.15, 0.2) is 11.6 Å². The maximum atomic E-state index is 14.2. The Hall–Kier alpha value is -9.26. The van der Waals surface area contributed by atoms with Crippen molar-refractivity contribution in [3.63, 3.8) is 0 Å². The Morgan fingerprint density at radius 3 is 1.01 bits per heavy atom. The van der Waals surface area contributed by atoms with Gasteiger partial charge in [-0.15, -0.1) is 0 Å². The second-order valence-electron chi connectivity index (χ2n) is 41.9. The fourth-order valence-electron chi connectivity index (χ4n) is 21.8. The third-order valence-corrected chi connectivity index (χ3v) is 30.2. The number of aliphatic carboxylic acids is 2. The minimum Gasteiger partial charge on any atom is -0.480 e. The van der Waals surface area contributed by atoms with Crippen molar-refractivity contribution < 1.29 is 76.1 Å². The summed E-state index contributed by atoms with van der Waals surface area (Å²) in [5.74, 6) is -0.134. The number of carbonyl (C=O) groups is 4. The fraction of sp³-hybridized carbons (Fsp3) is 0.593. The minimum absolute atomic E-state index is 0.0130. The number of nitrogens with zero attached hydrogens (tertiary/aromatic N) is 8. The molecule has 26 heteroatoms. The Bertz CT molecular complexity index is 5080. The van der Waals surface area contributed by atoms with Crippen LogP contribution in [0.5, 0.6) is 0 Å². The number of unbranched alkanes of at least 4 members (excludes halogenated alkanes) is 4. The second kappa shape index (κ2) is 56.2. The second-order valence-corrected chi connectivity index (χ2v) is 41.9. The molecule has 0 bridgehead atoms. The van der Waals surface area contributed by atoms with Gasteiger partial charge in [0, 0.05) is 126 Å². The highest BCUT2D eigenvalue weighted by Crippen LogP contribution is 2.39. The van der Waals surface area contributed by atoms with Crippen LogP contribution in [0.3, 0.4) is 0 Å². The van der Waals surface area contributed by atoms with Crippen molar-refractivity contribution in [2.75, 3.05) is 103 Å². The molecule has 10 heterocycles. The van der Waals surface area contributed by atoms with E-state index in [1.807, 2.05) is 76.2 Å². The smallest absolute Gasteiger partial charge is 0.325 e. The van der Waals surface area contributed by atoms with Gasteiger partial charge in [0.05, 0.1) is 87.3 Å². The summed E-state index contributed by atoms with van der Waals surface area (Å²) in [6.07, 6.45) is 37.8. The zero-order chi connectivity index (χ0) is 100. The summed E-state index contributed by atoms with van der Waals surface area (Å²) in [4.78, 5) is 77.8. The molecule has 2 saturated carbocycles. The number of nitrogens with one attached hydrogen (secondary N) is 2. The molecule has 18 rings (SSSR count). The predicted molar refractivity (Wildman–Crippen MR) is 557 cm³/mol. The normalized spacial score (nSPS) is 20.0. The van der Waals surface area contributed by atoms with Gasteiger partial charge in [-0.25, -0.2) is 18.7 Å². The molecule has 0 unspecified atom stereocenters. The number of carbonyl (C=O) groups excluding carboxylic acids is 2. The summed E-state index contributed by atoms with van der Waals surface area (Å²) >= 11 is 0. The predicted octanol–water partition coefficient (Wildman–Crippen LogP) is 21.0. The molecule has 6 aliphatic heterocycles. The lowest BCUT2D eigenvalue weighted by Gasteiger charge is -2.29. The van der Waals surface area contributed by atoms with Gasteiger partial charge in [0.2, 0.25) is 0 Å². The van der Waals surface area contributed by atoms with Crippen molar-refractivity contribution in [3.8, 4) is 0 Å². The number of carboxylic acid groups (broad SMARTS) is 2. The lowest BCUT2D eigenvalue weighted by Crippen LogP contribution is -2.34. The first kappa shape index (κ1) is 109. The molecule has 780 valence electrons. The van der Waals surface area contributed by atoms with Crippen molar-refractivity contribution in [2.24, 2.45) is 0 Å². The Labute approximate surface area is 853 Å². The van der Waals surface area contributed by atoms with Gasteiger partial charge < -0.3 is 58.7 Å². The topological polar surface area (TPSA) is 271 Å². The number of ketones is 2. The van der Waals surface area contributed by atoms with Crippen LogP contribution in [0, 0.1) is 11.6 Å². The van der Waals surface area contributed by atoms with Crippen LogP contribution in [0.25, 0.3) is 0 Å². The largest absolute Gasteiger partial charge is 0.480 e. The molecule has 4 aliphatic carbocycles. The number of hydrogen-bond acceptors (Lipinski definition) is 22. The van der Waals surface area contributed by atoms with Gasteiger partial charge in [-0.05, 0) is 375 Å². The lowest BCUT2D eigenvalue weighted by atomic mass is 9.95. The number of anilines is 2. The molecular formula is C118H160F2N10O14. The van der Waals surface area contributed by atoms with Gasteiger partial charge in [0.25, 0.3) is 0 Å². The number of carboxylic acids is 2. The van der Waals surface area contributed by atoms with E-state index in [0.717, 1.165) is 250 Å². The Kier molecular flexibility index (Phi) is 42.5. The number of aromatic nitrogens is 4. The van der Waals surface area contributed by atoms with E-state index in [0.29, 0.717) is 102 Å². The highest BCUT2D eigenvalue weighted by Gasteiger charge is 2.40. The summed E-state index contributed by atoms with van der Waals surface area (Å²) in [5.41, 5.74) is 19.6. The van der Waals surface area contributed by atoms with Crippen molar-refractivity contribution in [2.45, 2.75) is 359 Å². The molecule has 0 spiro atoms. The SMILES string of the molecule is CC(=O)[C@@H](c1cc(F)ccc1COC(C)C)N1CC[C@@H](OCCCCc2ccc3c(n2)NCCC3)C1.CC(=O)[C@H](c1cc(F)ccc1COC(C)C)N1CC[C@@H](OCCCCc2ccc3c(n2)NCCC3)C1.O=C(O)[C@@H](c1ccccc1COC1CCC1)N1CC[C@@H](OCCCCc2ccc3c(n2)CCCC3)C1.O=C(O)[C@H](c1ccccc1COC1CCC1)N1CC[C@@H](OCCCCc2ccc3c(n2)CCCC3)C1. The molecule has 8 aromatic rings. The Balaban J connectivity index is 0.000000144. The highest BCUT2D eigenvalue weighted by molar-refractivity contribution is 5.84. The summed E-state index contributed by atoms with van der Waals surface area (Å²) in [7, 11) is 0. The summed E-state index contributed by atoms with van der Waals surface area (Å²) in [6.45, 7) is 23.2. The number of Topliss-reactive ketones (excluding diaryl/α,β-unsaturated/α-hetero) is 2. The van der Waals surface area contributed by atoms with E-state index >= 15 is 0 Å². The van der Waals surface area contributed by atoms with Crippen LogP contribution in [0.4, 0.5) is 20.4 Å². The van der Waals surface area contributed by atoms with Crippen LogP contribution < -0.4 is 10.6 Å². The Morgan fingerprint density at radius 2 is 0.674 bits per heavy atom. The third-order valence-electron chi connectivity index (χ3n) is 30.2. The molecule has 0 radical (unpaired) electrons. The number of likely N-dealkylation sites (tertiary alicyclic amines) is 4. The van der Waals surface area contributed by atoms with Gasteiger partial charge in [-0.3, -0.25) is 48.7 Å². The standard InChI is InChI=1S/2C30H40N2O4.2C29H40FN3O3/c2*33-30(34)29(27-13-3-1-9-23(27)21-36-25-11-7-12-25)32-18-17-26(20-32)35-19-6-5-10-24-16-15-22-8-2-4-14-28(22)31-24;2*1-20(2)36-19-23-9-11-24(30)17-27(23)28(21(3)34)33-15-13-26(18-33)35-16-5-4-8-25-12-10-22-7-6-14-31-29(22)32-25/h2*1,3,9,13,15-16,25-26,29H,2,4-8,10-12,14,17-21H2,(H,33,34);2*9-12,17,20,26,28H,4-8,13-16,18-19H2,1-3H3,(H,31,32)/t26-,29+;26-,29-;26-,28+;26-,28-/m1111/s1. The van der Waals surface area contributed by atoms with Gasteiger partial charge in [0.1, 0.15) is 35.4 Å². The van der Waals surface area contributed by atoms with Crippen molar-refractivity contribution in [1.29, 1.82) is 0 Å². The molecule has 4 N–H and O–H groups in total. The van der Waals surface area contributed by atoms with Crippen LogP contribution in [-0.2, 0) is 148 Å². The van der Waals surface area contributed by atoms with Crippen LogP contribution in [0.2, 0.25) is 0 Å². The van der Waals surface area contributed by atoms with E-state index < -0.39 is 36.1 Å². The van der Waals surface area contributed by atoms with E-state index in [1.54, 1.807) is 26.0 Å². The number of hydrogen-bond donors (Lipinski definition) is 4. The fourth-order valence-corrected chi connectivity index (χ4v) is 21.8. The number of rotatable bonds is 48. The number of aryl methyl sites for hydroxylation is 10. The first-order valence-corrected chi connectivity index (χ1v) is 54.6. The average molecular weight is 1980 g/mol. The van der Waals surface area contributed by atoms with Gasteiger partial charge in [-0.2, -0.15) is 0 Å². The third kappa shape index (κ3) is 32.4. The molecule has 144 heavy (non-hydrogen) atoms. The Morgan fingerprint density at radius 1 is 0.347 bits per heavy atom. The molecule has 24 nitrogen and oxygen atoms in total. The van der Waals surface area contributed by atoms with Gasteiger partial charge >= 0.3 is 11.9 Å². The first-order chi connectivity index (χ1) is 70.1. The molecule has 4 aromatic heterocycles. The lowest BCUT2D eigenvalue weighted by molar-refractivity contribution is -0.144. The van der Waals surface area contributed by atoms with Crippen molar-refractivity contribution in [3.05, 3.63) is 246 Å². The van der Waals surface area contributed by atoms with E-state index in [9.17, 15) is 38.2 Å². The highest BCUT2D eigenvalue weighted by atomic mass is 19.1. The number of fused-ring (bicyclic) bond motifs is 4. The zero-order valence-electron chi connectivity index (χ0n) is 86.5. The van der Waals surface area contributed by atoms with Crippen LogP contribution in [0.15, 0.2) is 133 Å². The van der Waals surface area contributed by atoms with Crippen LogP contribution in [-0.4, -0.2) is 214 Å². The molecule has 8 atom stereocenters. The minimum atomic E-state index is -0.802. The van der Waals surface area contributed by atoms with Gasteiger partial charge in [-0.1, -0.05) is 84.9 Å². The van der Waals surface area contributed by atoms with Crippen LogP contribution in [0.1, 0.15) is 321 Å². The summed E-state index contributed by atoms with van der Waals surface area (Å²) < 4.78 is 76.6. The van der Waals surface area contributed by atoms with E-state index in [2.05, 4.69) is 78.8 Å². The first-order valence-electron chi connectivity index (χ1n) is 54.6. The van der Waals surface area contributed by atoms with Crippen molar-refractivity contribution in [1.82, 2.24) is 39.5 Å². The maximum Gasteiger partial charge on any atom is 0.325 e. The zero-order valence-corrected chi connectivity index (χ0v) is 86.5. The maximum absolute atomic E-state index is 14.2. The van der Waals surface area contributed by atoms with E-state index in [-0.39, 0.29) is 59.8 Å². The monoisotopic (exact) mass is 1980 g/mol. The van der Waals surface area contributed by atoms with E-state index in [4.69, 9.17) is 57.8 Å². The molecule has 4 saturated heterocycles. The number of ether oxygens (including phenoxy) is 8. The van der Waals surface area contributed by atoms with Crippen molar-refractivity contribution >= 4 is 35.1 Å². The molecule has 0 amide bonds. The number of pyridine rings is 4. The molecule has 4 aromatic carbocycles. The summed E-state index contributed by atoms with van der Waals surface area (Å²) in [6, 6.07) is 40.4.